The first-order valence-corrected chi connectivity index (χ1v) is 13.4. The topological polar surface area (TPSA) is 39.8 Å². The molecule has 3 heterocycles. The van der Waals surface area contributed by atoms with Gasteiger partial charge in [-0.25, -0.2) is 0 Å². The molecule has 0 N–H and O–H groups in total. The lowest BCUT2D eigenvalue weighted by Gasteiger charge is -2.16. The number of hydrogen-bond donors (Lipinski definition) is 0. The summed E-state index contributed by atoms with van der Waals surface area (Å²) in [7, 11) is 0. The van der Waals surface area contributed by atoms with Crippen LogP contribution < -0.4 is 0 Å². The number of carbonyl (C=O) groups excluding carboxylic acids is 1. The van der Waals surface area contributed by atoms with Gasteiger partial charge in [0.2, 0.25) is 0 Å². The summed E-state index contributed by atoms with van der Waals surface area (Å²) in [6, 6.07) is 43.4. The largest absolute Gasteiger partial charge is 0.309 e. The summed E-state index contributed by atoms with van der Waals surface area (Å²) >= 11 is 0. The fourth-order valence-electron chi connectivity index (χ4n) is 6.08. The quantitative estimate of drug-likeness (QED) is 0.221. The molecule has 0 amide bonds. The van der Waals surface area contributed by atoms with E-state index in [4.69, 9.17) is 0 Å². The van der Waals surface area contributed by atoms with Crippen LogP contribution in [0.15, 0.2) is 140 Å². The van der Waals surface area contributed by atoms with Crippen molar-refractivity contribution in [2.24, 2.45) is 0 Å². The summed E-state index contributed by atoms with van der Waals surface area (Å²) in [5.74, 6) is -0.0399. The van der Waals surface area contributed by atoms with Crippen LogP contribution in [0.4, 0.5) is 0 Å². The van der Waals surface area contributed by atoms with Crippen LogP contribution in [0.5, 0.6) is 0 Å². The van der Waals surface area contributed by atoms with Crippen LogP contribution in [0.1, 0.15) is 15.9 Å². The molecule has 5 aromatic carbocycles. The Hall–Kier alpha value is -5.48. The molecule has 0 aliphatic rings. The second-order valence-corrected chi connectivity index (χ2v) is 10.0. The van der Waals surface area contributed by atoms with Crippen LogP contribution in [0.2, 0.25) is 0 Å². The van der Waals surface area contributed by atoms with Gasteiger partial charge in [0.1, 0.15) is 0 Å². The lowest BCUT2D eigenvalue weighted by atomic mass is 10.0. The molecule has 8 aromatic rings. The second kappa shape index (κ2) is 8.79. The van der Waals surface area contributed by atoms with Crippen molar-refractivity contribution in [2.45, 2.75) is 0 Å². The molecular formula is C36H23N3O. The van der Waals surface area contributed by atoms with Crippen molar-refractivity contribution < 1.29 is 4.79 Å². The minimum absolute atomic E-state index is 0.0399. The van der Waals surface area contributed by atoms with Crippen molar-refractivity contribution in [3.8, 4) is 11.4 Å². The highest BCUT2D eigenvalue weighted by atomic mass is 16.1. The highest BCUT2D eigenvalue weighted by Gasteiger charge is 2.21. The third-order valence-electron chi connectivity index (χ3n) is 7.83. The predicted octanol–water partition coefficient (Wildman–Crippen LogP) is 8.51. The zero-order chi connectivity index (χ0) is 26.6. The number of fused-ring (bicyclic) bond motifs is 6. The Morgan fingerprint density at radius 3 is 1.45 bits per heavy atom. The number of ketones is 1. The first-order chi connectivity index (χ1) is 19.8. The fraction of sp³-hybridized carbons (Fsp3) is 0. The van der Waals surface area contributed by atoms with Crippen molar-refractivity contribution >= 4 is 49.4 Å². The molecule has 0 aliphatic carbocycles. The molecule has 0 saturated carbocycles. The van der Waals surface area contributed by atoms with E-state index < -0.39 is 0 Å². The highest BCUT2D eigenvalue weighted by Crippen LogP contribution is 2.36. The van der Waals surface area contributed by atoms with Crippen LogP contribution >= 0.6 is 0 Å². The van der Waals surface area contributed by atoms with Crippen LogP contribution in [0.3, 0.4) is 0 Å². The number of carbonyl (C=O) groups is 1. The van der Waals surface area contributed by atoms with Gasteiger partial charge in [0.05, 0.1) is 27.8 Å². The molecule has 0 aliphatic heterocycles. The van der Waals surface area contributed by atoms with Gasteiger partial charge < -0.3 is 9.13 Å². The molecule has 8 rings (SSSR count). The molecule has 0 unspecified atom stereocenters. The molecular weight excluding hydrogens is 490 g/mol. The molecule has 40 heavy (non-hydrogen) atoms. The van der Waals surface area contributed by atoms with Gasteiger partial charge in [-0.3, -0.25) is 9.78 Å². The molecule has 0 saturated heterocycles. The van der Waals surface area contributed by atoms with Crippen LogP contribution in [-0.2, 0) is 0 Å². The van der Waals surface area contributed by atoms with E-state index in [1.165, 1.54) is 10.8 Å². The Morgan fingerprint density at radius 2 is 0.950 bits per heavy atom. The summed E-state index contributed by atoms with van der Waals surface area (Å²) in [5, 5.41) is 4.69. The number of para-hydroxylation sites is 4. The number of rotatable bonds is 4. The Kier molecular flexibility index (Phi) is 4.94. The third kappa shape index (κ3) is 3.26. The van der Waals surface area contributed by atoms with E-state index in [9.17, 15) is 4.79 Å². The fourth-order valence-corrected chi connectivity index (χ4v) is 6.08. The van der Waals surface area contributed by atoms with Gasteiger partial charge >= 0.3 is 0 Å². The molecule has 0 radical (unpaired) electrons. The van der Waals surface area contributed by atoms with E-state index in [0.29, 0.717) is 11.1 Å². The van der Waals surface area contributed by atoms with Crippen LogP contribution in [-0.4, -0.2) is 19.9 Å². The van der Waals surface area contributed by atoms with Crippen molar-refractivity contribution in [3.05, 3.63) is 151 Å². The second-order valence-electron chi connectivity index (χ2n) is 10.0. The van der Waals surface area contributed by atoms with Crippen molar-refractivity contribution in [1.29, 1.82) is 0 Å². The Labute approximate surface area is 230 Å². The Morgan fingerprint density at radius 1 is 0.500 bits per heavy atom. The van der Waals surface area contributed by atoms with Crippen molar-refractivity contribution in [1.82, 2.24) is 14.1 Å². The van der Waals surface area contributed by atoms with Gasteiger partial charge in [-0.05, 0) is 54.6 Å². The molecule has 4 nitrogen and oxygen atoms in total. The van der Waals surface area contributed by atoms with Gasteiger partial charge in [0, 0.05) is 50.8 Å². The van der Waals surface area contributed by atoms with E-state index in [2.05, 4.69) is 123 Å². The average molecular weight is 514 g/mol. The van der Waals surface area contributed by atoms with Gasteiger partial charge in [0.25, 0.3) is 0 Å². The van der Waals surface area contributed by atoms with Gasteiger partial charge in [0.15, 0.2) is 5.78 Å². The lowest BCUT2D eigenvalue weighted by molar-refractivity contribution is 0.103. The smallest absolute Gasteiger partial charge is 0.195 e. The average Bonchev–Trinajstić information content (AvgIpc) is 3.54. The number of pyridine rings is 1. The summed E-state index contributed by atoms with van der Waals surface area (Å²) in [4.78, 5) is 18.4. The first kappa shape index (κ1) is 22.5. The maximum absolute atomic E-state index is 14.2. The zero-order valence-electron chi connectivity index (χ0n) is 21.5. The van der Waals surface area contributed by atoms with Crippen LogP contribution in [0.25, 0.3) is 55.0 Å². The van der Waals surface area contributed by atoms with Gasteiger partial charge in [-0.1, -0.05) is 72.8 Å². The Bertz CT molecular complexity index is 2130. The monoisotopic (exact) mass is 513 g/mol. The maximum atomic E-state index is 14.2. The number of benzene rings is 5. The molecule has 188 valence electrons. The zero-order valence-corrected chi connectivity index (χ0v) is 21.5. The van der Waals surface area contributed by atoms with E-state index in [1.54, 1.807) is 24.5 Å². The predicted molar refractivity (Wildman–Crippen MR) is 163 cm³/mol. The maximum Gasteiger partial charge on any atom is 0.195 e. The summed E-state index contributed by atoms with van der Waals surface area (Å²) in [5.41, 5.74) is 7.39. The van der Waals surface area contributed by atoms with Crippen molar-refractivity contribution in [3.63, 3.8) is 0 Å². The molecule has 0 fully saturated rings. The normalized spacial score (nSPS) is 11.6. The van der Waals surface area contributed by atoms with E-state index in [0.717, 1.165) is 44.2 Å². The minimum Gasteiger partial charge on any atom is -0.309 e. The Balaban J connectivity index is 1.46. The standard InChI is InChI=1S/C36H23N3O/c40-36(24-19-21-37-22-20-24)30-23-25(38-31-13-5-1-9-26(31)27-10-2-6-14-32(27)38)17-18-35(30)39-33-15-7-3-11-28(33)29-12-4-8-16-34(29)39/h1-23H. The first-order valence-electron chi connectivity index (χ1n) is 13.4. The van der Waals surface area contributed by atoms with Crippen LogP contribution in [0, 0.1) is 0 Å². The van der Waals surface area contributed by atoms with E-state index in [-0.39, 0.29) is 5.78 Å². The molecule has 3 aromatic heterocycles. The lowest BCUT2D eigenvalue weighted by Crippen LogP contribution is -2.09. The van der Waals surface area contributed by atoms with Gasteiger partial charge in [-0.15, -0.1) is 0 Å². The van der Waals surface area contributed by atoms with Gasteiger partial charge in [-0.2, -0.15) is 0 Å². The number of nitrogens with zero attached hydrogens (tertiary/aromatic N) is 3. The summed E-state index contributed by atoms with van der Waals surface area (Å²) in [6.45, 7) is 0. The highest BCUT2D eigenvalue weighted by molar-refractivity contribution is 6.15. The summed E-state index contributed by atoms with van der Waals surface area (Å²) < 4.78 is 4.47. The number of aromatic nitrogens is 3. The molecule has 4 heteroatoms. The third-order valence-corrected chi connectivity index (χ3v) is 7.83. The molecule has 0 bridgehead atoms. The SMILES string of the molecule is O=C(c1ccncc1)c1cc(-n2c3ccccc3c3ccccc32)ccc1-n1c2ccccc2c2ccccc21. The number of hydrogen-bond acceptors (Lipinski definition) is 2. The minimum atomic E-state index is -0.0399. The molecule has 0 spiro atoms. The molecule has 0 atom stereocenters. The van der Waals surface area contributed by atoms with E-state index in [1.807, 2.05) is 6.07 Å². The van der Waals surface area contributed by atoms with E-state index >= 15 is 0 Å². The summed E-state index contributed by atoms with van der Waals surface area (Å²) in [6.07, 6.45) is 3.34. The van der Waals surface area contributed by atoms with Crippen molar-refractivity contribution in [2.75, 3.05) is 0 Å².